The second-order valence-corrected chi connectivity index (χ2v) is 8.11. The number of allylic oxidation sites excluding steroid dienone is 1. The van der Waals surface area contributed by atoms with E-state index in [2.05, 4.69) is 15.9 Å². The first-order chi connectivity index (χ1) is 16.2. The molecule has 0 bridgehead atoms. The lowest BCUT2D eigenvalue weighted by Crippen LogP contribution is -2.41. The number of ether oxygens (including phenoxy) is 2. The minimum absolute atomic E-state index is 0.0542. The van der Waals surface area contributed by atoms with Crippen LogP contribution in [0.5, 0.6) is 0 Å². The summed E-state index contributed by atoms with van der Waals surface area (Å²) in [6, 6.07) is 12.7. The summed E-state index contributed by atoms with van der Waals surface area (Å²) in [7, 11) is 2.20. The summed E-state index contributed by atoms with van der Waals surface area (Å²) in [4.78, 5) is 37.9. The highest BCUT2D eigenvalue weighted by atomic mass is 79.9. The highest BCUT2D eigenvalue weighted by Gasteiger charge is 2.43. The molecule has 2 aromatic carbocycles. The number of hydrogen-bond acceptors (Lipinski definition) is 9. The van der Waals surface area contributed by atoms with Crippen LogP contribution in [0, 0.1) is 21.4 Å². The summed E-state index contributed by atoms with van der Waals surface area (Å²) in [6.07, 6.45) is 0. The largest absolute Gasteiger partial charge is 0.466 e. The fraction of sp³-hybridized carbons (Fsp3) is 0.136. The van der Waals surface area contributed by atoms with E-state index in [0.717, 1.165) is 25.2 Å². The van der Waals surface area contributed by atoms with Crippen molar-refractivity contribution in [2.45, 2.75) is 5.92 Å². The average molecular weight is 548 g/mol. The van der Waals surface area contributed by atoms with E-state index in [9.17, 15) is 25.0 Å². The normalized spacial score (nSPS) is 15.6. The number of nitrogens with zero attached hydrogens (tertiary/aromatic N) is 3. The van der Waals surface area contributed by atoms with Gasteiger partial charge < -0.3 is 15.2 Å². The lowest BCUT2D eigenvalue weighted by Gasteiger charge is -2.36. The van der Waals surface area contributed by atoms with Gasteiger partial charge in [0.1, 0.15) is 11.5 Å². The van der Waals surface area contributed by atoms with E-state index in [1.165, 1.54) is 6.07 Å². The molecule has 0 aromatic heterocycles. The molecule has 0 aliphatic carbocycles. The van der Waals surface area contributed by atoms with Crippen LogP contribution >= 0.6 is 27.5 Å². The third kappa shape index (κ3) is 4.21. The van der Waals surface area contributed by atoms with Gasteiger partial charge in [-0.25, -0.2) is 9.59 Å². The number of methoxy groups -OCH3 is 2. The topological polar surface area (TPSA) is 149 Å². The number of anilines is 1. The van der Waals surface area contributed by atoms with Crippen LogP contribution in [-0.2, 0) is 19.1 Å². The molecule has 1 heterocycles. The van der Waals surface area contributed by atoms with Gasteiger partial charge >= 0.3 is 11.9 Å². The van der Waals surface area contributed by atoms with Gasteiger partial charge in [0.05, 0.1) is 57.5 Å². The summed E-state index contributed by atoms with van der Waals surface area (Å²) in [5.74, 6) is -3.26. The highest BCUT2D eigenvalue weighted by Crippen LogP contribution is 2.46. The molecular formula is C22H16BrClN4O6. The maximum Gasteiger partial charge on any atom is 0.355 e. The number of nitro groups is 1. The van der Waals surface area contributed by atoms with Crippen LogP contribution < -0.4 is 10.6 Å². The van der Waals surface area contributed by atoms with Crippen molar-refractivity contribution in [3.8, 4) is 6.07 Å². The zero-order chi connectivity index (χ0) is 25.2. The van der Waals surface area contributed by atoms with Crippen LogP contribution in [0.1, 0.15) is 11.5 Å². The number of nitriles is 1. The zero-order valence-electron chi connectivity index (χ0n) is 17.7. The van der Waals surface area contributed by atoms with E-state index in [0.29, 0.717) is 5.56 Å². The Bertz CT molecular complexity index is 1300. The van der Waals surface area contributed by atoms with Gasteiger partial charge in [0, 0.05) is 6.07 Å². The van der Waals surface area contributed by atoms with E-state index in [1.54, 1.807) is 30.3 Å². The lowest BCUT2D eigenvalue weighted by atomic mass is 9.81. The number of nitrogens with two attached hydrogens (primary N) is 1. The number of carbonyl (C=O) groups is 2. The first-order valence-electron chi connectivity index (χ1n) is 9.46. The molecule has 10 nitrogen and oxygen atoms in total. The molecule has 174 valence electrons. The van der Waals surface area contributed by atoms with Gasteiger partial charge in [-0.15, -0.1) is 0 Å². The molecule has 1 atom stereocenters. The van der Waals surface area contributed by atoms with Gasteiger partial charge in [-0.2, -0.15) is 5.26 Å². The molecule has 1 unspecified atom stereocenters. The molecule has 0 saturated heterocycles. The number of rotatable bonds is 5. The maximum atomic E-state index is 13.0. The molecule has 0 amide bonds. The minimum atomic E-state index is -1.08. The number of halogens is 2. The summed E-state index contributed by atoms with van der Waals surface area (Å²) < 4.78 is 9.93. The Morgan fingerprint density at radius 3 is 2.35 bits per heavy atom. The molecule has 34 heavy (non-hydrogen) atoms. The van der Waals surface area contributed by atoms with Gasteiger partial charge in [0.15, 0.2) is 0 Å². The smallest absolute Gasteiger partial charge is 0.355 e. The Labute approximate surface area is 207 Å². The molecule has 3 rings (SSSR count). The fourth-order valence-electron chi connectivity index (χ4n) is 3.60. The fourth-order valence-corrected chi connectivity index (χ4v) is 4.47. The standard InChI is InChI=1S/C22H16BrClN4O6/c1-33-21(29)18-17(11-6-4-3-5-7-11)12(10-25)20(26)27(19(18)22(30)34-2)16-9-15(28(31)32)13(23)8-14(16)24/h3-9,17H,26H2,1-2H3. The quantitative estimate of drug-likeness (QED) is 0.334. The Hall–Kier alpha value is -3.88. The van der Waals surface area contributed by atoms with E-state index in [4.69, 9.17) is 26.8 Å². The first kappa shape index (κ1) is 24.8. The van der Waals surface area contributed by atoms with Crippen LogP contribution in [0.2, 0.25) is 5.02 Å². The van der Waals surface area contributed by atoms with Gasteiger partial charge in [-0.05, 0) is 27.6 Å². The molecule has 0 saturated carbocycles. The maximum absolute atomic E-state index is 13.0. The van der Waals surface area contributed by atoms with Crippen molar-refractivity contribution in [2.24, 2.45) is 5.73 Å². The van der Waals surface area contributed by atoms with Crippen LogP contribution in [0.3, 0.4) is 0 Å². The third-order valence-electron chi connectivity index (χ3n) is 5.06. The predicted molar refractivity (Wildman–Crippen MR) is 125 cm³/mol. The van der Waals surface area contributed by atoms with Crippen LogP contribution in [0.25, 0.3) is 0 Å². The molecule has 2 N–H and O–H groups in total. The monoisotopic (exact) mass is 546 g/mol. The highest BCUT2D eigenvalue weighted by molar-refractivity contribution is 9.10. The van der Waals surface area contributed by atoms with Crippen molar-refractivity contribution < 1.29 is 24.0 Å². The van der Waals surface area contributed by atoms with Crippen molar-refractivity contribution in [2.75, 3.05) is 19.1 Å². The number of nitro benzene ring substituents is 1. The summed E-state index contributed by atoms with van der Waals surface area (Å²) in [5.41, 5.74) is 5.61. The molecule has 0 radical (unpaired) electrons. The zero-order valence-corrected chi connectivity index (χ0v) is 20.1. The number of hydrogen-bond donors (Lipinski definition) is 1. The van der Waals surface area contributed by atoms with Gasteiger partial charge in [0.25, 0.3) is 5.69 Å². The van der Waals surface area contributed by atoms with Crippen molar-refractivity contribution in [1.82, 2.24) is 0 Å². The molecule has 0 spiro atoms. The molecule has 0 fully saturated rings. The Morgan fingerprint density at radius 2 is 1.82 bits per heavy atom. The molecule has 1 aliphatic heterocycles. The van der Waals surface area contributed by atoms with Crippen LogP contribution in [-0.4, -0.2) is 31.1 Å². The summed E-state index contributed by atoms with van der Waals surface area (Å²) >= 11 is 9.45. The van der Waals surface area contributed by atoms with Gasteiger partial charge in [-0.1, -0.05) is 41.9 Å². The van der Waals surface area contributed by atoms with Gasteiger partial charge in [0.2, 0.25) is 0 Å². The third-order valence-corrected chi connectivity index (χ3v) is 6.00. The molecule has 12 heteroatoms. The minimum Gasteiger partial charge on any atom is -0.466 e. The SMILES string of the molecule is COC(=O)C1=C(C(=O)OC)N(c2cc([N+](=O)[O-])c(Br)cc2Cl)C(N)=C(C#N)C1c1ccccc1. The molecule has 1 aliphatic rings. The molecule has 2 aromatic rings. The van der Waals surface area contributed by atoms with Crippen molar-refractivity contribution >= 4 is 50.8 Å². The lowest BCUT2D eigenvalue weighted by molar-refractivity contribution is -0.385. The second-order valence-electron chi connectivity index (χ2n) is 6.85. The Balaban J connectivity index is 2.48. The van der Waals surface area contributed by atoms with Crippen molar-refractivity contribution in [3.05, 3.63) is 90.3 Å². The molecular weight excluding hydrogens is 532 g/mol. The number of benzene rings is 2. The second kappa shape index (κ2) is 9.94. The summed E-state index contributed by atoms with van der Waals surface area (Å²) in [5, 5.41) is 21.5. The van der Waals surface area contributed by atoms with Gasteiger partial charge in [-0.3, -0.25) is 15.0 Å². The van der Waals surface area contributed by atoms with Crippen molar-refractivity contribution in [1.29, 1.82) is 5.26 Å². The van der Waals surface area contributed by atoms with Crippen LogP contribution in [0.15, 0.2) is 69.6 Å². The van der Waals surface area contributed by atoms with E-state index in [1.807, 2.05) is 6.07 Å². The van der Waals surface area contributed by atoms with Crippen molar-refractivity contribution in [3.63, 3.8) is 0 Å². The summed E-state index contributed by atoms with van der Waals surface area (Å²) in [6.45, 7) is 0. The van der Waals surface area contributed by atoms with E-state index in [-0.39, 0.29) is 37.8 Å². The Kier molecular flexibility index (Phi) is 7.24. The van der Waals surface area contributed by atoms with E-state index < -0.39 is 28.5 Å². The van der Waals surface area contributed by atoms with E-state index >= 15 is 0 Å². The number of esters is 2. The number of carbonyl (C=O) groups excluding carboxylic acids is 2. The first-order valence-corrected chi connectivity index (χ1v) is 10.6. The van der Waals surface area contributed by atoms with Crippen LogP contribution in [0.4, 0.5) is 11.4 Å². The average Bonchev–Trinajstić information content (AvgIpc) is 2.83. The Morgan fingerprint density at radius 1 is 1.21 bits per heavy atom. The predicted octanol–water partition coefficient (Wildman–Crippen LogP) is 3.91.